The first-order valence-corrected chi connectivity index (χ1v) is 11.2. The second-order valence-corrected chi connectivity index (χ2v) is 8.33. The number of hydrogen-bond acceptors (Lipinski definition) is 9. The fourth-order valence-corrected chi connectivity index (χ4v) is 4.20. The van der Waals surface area contributed by atoms with Gasteiger partial charge in [-0.15, -0.1) is 0 Å². The lowest BCUT2D eigenvalue weighted by Gasteiger charge is -2.23. The third-order valence-electron chi connectivity index (χ3n) is 5.99. The van der Waals surface area contributed by atoms with E-state index in [4.69, 9.17) is 25.7 Å². The summed E-state index contributed by atoms with van der Waals surface area (Å²) in [7, 11) is 1.46. The fraction of sp³-hybridized carbons (Fsp3) is 0.360. The molecule has 1 heterocycles. The summed E-state index contributed by atoms with van der Waals surface area (Å²) in [6.07, 6.45) is -0.442. The molecule has 1 aromatic heterocycles. The van der Waals surface area contributed by atoms with Crippen LogP contribution < -0.4 is 21.5 Å². The van der Waals surface area contributed by atoms with Crippen LogP contribution in [0.5, 0.6) is 5.88 Å². The number of nitrogens with two attached hydrogens (primary N) is 2. The highest BCUT2D eigenvalue weighted by atomic mass is 16.5. The summed E-state index contributed by atoms with van der Waals surface area (Å²) in [6, 6.07) is 19.5. The second kappa shape index (κ2) is 11.1. The van der Waals surface area contributed by atoms with Crippen molar-refractivity contribution in [2.45, 2.75) is 37.9 Å². The van der Waals surface area contributed by atoms with E-state index in [9.17, 15) is 5.11 Å². The molecule has 0 spiro atoms. The maximum atomic E-state index is 11.2. The van der Waals surface area contributed by atoms with Crippen LogP contribution in [-0.2, 0) is 22.7 Å². The normalized spacial score (nSPS) is 21.9. The highest BCUT2D eigenvalue weighted by Gasteiger charge is 2.43. The quantitative estimate of drug-likeness (QED) is 0.356. The van der Waals surface area contributed by atoms with Gasteiger partial charge in [0.2, 0.25) is 11.8 Å². The molecule has 0 bridgehead atoms. The van der Waals surface area contributed by atoms with Gasteiger partial charge < -0.3 is 36.1 Å². The van der Waals surface area contributed by atoms with Crippen LogP contribution in [0.3, 0.4) is 0 Å². The molecule has 9 heteroatoms. The maximum Gasteiger partial charge on any atom is 0.244 e. The van der Waals surface area contributed by atoms with Crippen molar-refractivity contribution in [1.29, 1.82) is 0 Å². The lowest BCUT2D eigenvalue weighted by atomic mass is 10.0. The van der Waals surface area contributed by atoms with Crippen molar-refractivity contribution in [1.82, 2.24) is 9.97 Å². The molecule has 1 aliphatic rings. The van der Waals surface area contributed by atoms with Gasteiger partial charge >= 0.3 is 0 Å². The van der Waals surface area contributed by atoms with E-state index in [1.807, 2.05) is 60.7 Å². The second-order valence-electron chi connectivity index (χ2n) is 8.33. The average molecular weight is 466 g/mol. The van der Waals surface area contributed by atoms with E-state index in [1.165, 1.54) is 7.11 Å². The summed E-state index contributed by atoms with van der Waals surface area (Å²) in [5.41, 5.74) is 14.3. The lowest BCUT2D eigenvalue weighted by Crippen LogP contribution is -2.35. The number of benzene rings is 2. The Morgan fingerprint density at radius 1 is 0.971 bits per heavy atom. The molecule has 9 nitrogen and oxygen atoms in total. The Kier molecular flexibility index (Phi) is 7.79. The first-order valence-electron chi connectivity index (χ1n) is 11.2. The Hall–Kier alpha value is -3.40. The van der Waals surface area contributed by atoms with Crippen molar-refractivity contribution < 1.29 is 19.3 Å². The summed E-state index contributed by atoms with van der Waals surface area (Å²) in [4.78, 5) is 8.17. The maximum absolute atomic E-state index is 11.2. The summed E-state index contributed by atoms with van der Waals surface area (Å²) < 4.78 is 17.4. The summed E-state index contributed by atoms with van der Waals surface area (Å²) >= 11 is 0. The molecule has 34 heavy (non-hydrogen) atoms. The van der Waals surface area contributed by atoms with Gasteiger partial charge in [-0.25, -0.2) is 0 Å². The van der Waals surface area contributed by atoms with E-state index in [1.54, 1.807) is 0 Å². The largest absolute Gasteiger partial charge is 0.479 e. The van der Waals surface area contributed by atoms with Gasteiger partial charge in [-0.2, -0.15) is 9.97 Å². The Bertz CT molecular complexity index is 1050. The number of aliphatic hydroxyl groups excluding tert-OH is 1. The van der Waals surface area contributed by atoms with Crippen molar-refractivity contribution in [2.75, 3.05) is 30.5 Å². The molecule has 4 rings (SSSR count). The van der Waals surface area contributed by atoms with Crippen molar-refractivity contribution in [3.05, 3.63) is 71.8 Å². The number of rotatable bonds is 10. The van der Waals surface area contributed by atoms with Crippen molar-refractivity contribution >= 4 is 17.5 Å². The molecule has 6 N–H and O–H groups in total. The third kappa shape index (κ3) is 5.74. The van der Waals surface area contributed by atoms with Gasteiger partial charge in [0, 0.05) is 5.92 Å². The predicted octanol–water partition coefficient (Wildman–Crippen LogP) is 2.61. The van der Waals surface area contributed by atoms with Crippen LogP contribution >= 0.6 is 0 Å². The smallest absolute Gasteiger partial charge is 0.244 e. The van der Waals surface area contributed by atoms with Gasteiger partial charge in [0.05, 0.1) is 45.2 Å². The zero-order valence-electron chi connectivity index (χ0n) is 19.1. The third-order valence-corrected chi connectivity index (χ3v) is 5.99. The minimum absolute atomic E-state index is 0.0284. The number of hydrogen-bond donors (Lipinski definition) is 4. The molecule has 1 aliphatic carbocycles. The number of anilines is 3. The number of aliphatic hydroxyl groups is 1. The molecule has 0 saturated heterocycles. The lowest BCUT2D eigenvalue weighted by molar-refractivity contribution is -0.0463. The van der Waals surface area contributed by atoms with Gasteiger partial charge in [-0.1, -0.05) is 60.7 Å². The molecule has 2 aromatic carbocycles. The highest BCUT2D eigenvalue weighted by molar-refractivity contribution is 5.68. The first kappa shape index (κ1) is 23.7. The Morgan fingerprint density at radius 2 is 1.62 bits per heavy atom. The summed E-state index contributed by atoms with van der Waals surface area (Å²) in [5.74, 6) is 0.288. The Morgan fingerprint density at radius 3 is 2.26 bits per heavy atom. The molecular weight excluding hydrogens is 434 g/mol. The van der Waals surface area contributed by atoms with E-state index in [2.05, 4.69) is 15.3 Å². The van der Waals surface area contributed by atoms with Crippen LogP contribution in [0.1, 0.15) is 17.5 Å². The van der Waals surface area contributed by atoms with Crippen LogP contribution in [0, 0.1) is 5.92 Å². The van der Waals surface area contributed by atoms with E-state index in [-0.39, 0.29) is 35.6 Å². The van der Waals surface area contributed by atoms with E-state index >= 15 is 0 Å². The minimum atomic E-state index is -0.752. The number of methoxy groups -OCH3 is 1. The number of nitrogen functional groups attached to an aromatic ring is 2. The van der Waals surface area contributed by atoms with Gasteiger partial charge in [-0.3, -0.25) is 0 Å². The topological polar surface area (TPSA) is 138 Å². The summed E-state index contributed by atoms with van der Waals surface area (Å²) in [6.45, 7) is 1.25. The monoisotopic (exact) mass is 465 g/mol. The van der Waals surface area contributed by atoms with Crippen LogP contribution in [0.2, 0.25) is 0 Å². The van der Waals surface area contributed by atoms with Crippen LogP contribution in [0.4, 0.5) is 17.5 Å². The number of nitrogens with zero attached hydrogens (tertiary/aromatic N) is 2. The molecule has 0 aliphatic heterocycles. The number of ether oxygens (including phenoxy) is 3. The zero-order chi connectivity index (χ0) is 23.9. The molecule has 0 unspecified atom stereocenters. The molecule has 1 saturated carbocycles. The van der Waals surface area contributed by atoms with Gasteiger partial charge in [0.15, 0.2) is 5.82 Å². The van der Waals surface area contributed by atoms with Crippen molar-refractivity contribution in [3.63, 3.8) is 0 Å². The molecular formula is C25H31N5O4. The minimum Gasteiger partial charge on any atom is -0.479 e. The SMILES string of the molecule is COc1nc(N)nc(N[C@H]2C[C@H](OCc3ccccc3)[C@@H](COCc3ccccc3)[C@@H]2O)c1N. The van der Waals surface area contributed by atoms with Gasteiger partial charge in [0.25, 0.3) is 0 Å². The molecule has 4 atom stereocenters. The van der Waals surface area contributed by atoms with Crippen molar-refractivity contribution in [3.8, 4) is 5.88 Å². The van der Waals surface area contributed by atoms with Crippen LogP contribution in [0.15, 0.2) is 60.7 Å². The average Bonchev–Trinajstić information content (AvgIpc) is 3.15. The zero-order valence-corrected chi connectivity index (χ0v) is 19.1. The first-order chi connectivity index (χ1) is 16.5. The van der Waals surface area contributed by atoms with E-state index in [0.717, 1.165) is 11.1 Å². The fourth-order valence-electron chi connectivity index (χ4n) is 4.20. The van der Waals surface area contributed by atoms with Crippen molar-refractivity contribution in [2.24, 2.45) is 5.92 Å². The molecule has 3 aromatic rings. The molecule has 1 fully saturated rings. The van der Waals surface area contributed by atoms with Crippen LogP contribution in [-0.4, -0.2) is 47.0 Å². The van der Waals surface area contributed by atoms with Gasteiger partial charge in [0.1, 0.15) is 5.69 Å². The number of nitrogens with one attached hydrogen (secondary N) is 1. The Balaban J connectivity index is 1.46. The Labute approximate surface area is 199 Å². The van der Waals surface area contributed by atoms with E-state index in [0.29, 0.717) is 32.1 Å². The molecule has 180 valence electrons. The number of aromatic nitrogens is 2. The standard InChI is InChI=1S/C25H31N5O4/c1-32-24-21(26)23(29-25(27)30-24)28-19-12-20(34-14-17-10-6-3-7-11-17)18(22(19)31)15-33-13-16-8-4-2-5-9-16/h2-11,18-20,22,31H,12-15,26H2,1H3,(H3,27,28,29,30)/t18-,19+,20+,22+/m1/s1. The summed E-state index contributed by atoms with van der Waals surface area (Å²) in [5, 5.41) is 14.4. The van der Waals surface area contributed by atoms with Gasteiger partial charge in [-0.05, 0) is 17.5 Å². The molecule has 0 radical (unpaired) electrons. The molecule has 0 amide bonds. The van der Waals surface area contributed by atoms with Crippen LogP contribution in [0.25, 0.3) is 0 Å². The van der Waals surface area contributed by atoms with E-state index < -0.39 is 6.10 Å². The predicted molar refractivity (Wildman–Crippen MR) is 130 cm³/mol. The highest BCUT2D eigenvalue weighted by Crippen LogP contribution is 2.35.